The zero-order valence-corrected chi connectivity index (χ0v) is 43.8. The lowest BCUT2D eigenvalue weighted by Crippen LogP contribution is -2.62. The van der Waals surface area contributed by atoms with E-state index in [-0.39, 0.29) is 49.8 Å². The first-order chi connectivity index (χ1) is 35.5. The van der Waals surface area contributed by atoms with Crippen LogP contribution in [0.3, 0.4) is 0 Å². The van der Waals surface area contributed by atoms with Crippen molar-refractivity contribution in [1.29, 1.82) is 0 Å². The number of aliphatic hydroxyl groups excluding tert-OH is 3. The number of aromatic nitrogens is 1. The third-order valence-corrected chi connectivity index (χ3v) is 14.8. The number of hydrogen-bond donors (Lipinski definition) is 13. The molecule has 2 heterocycles. The fourth-order valence-corrected chi connectivity index (χ4v) is 10.6. The Bertz CT molecular complexity index is 2470. The highest BCUT2D eigenvalue weighted by molar-refractivity contribution is 8.76. The van der Waals surface area contributed by atoms with Gasteiger partial charge in [0, 0.05) is 47.5 Å². The average Bonchev–Trinajstić information content (AvgIpc) is 3.78. The molecule has 0 bridgehead atoms. The van der Waals surface area contributed by atoms with Crippen molar-refractivity contribution in [3.63, 3.8) is 0 Å². The average molecular weight is 1060 g/mol. The van der Waals surface area contributed by atoms with Crippen molar-refractivity contribution in [2.45, 2.75) is 133 Å². The summed E-state index contributed by atoms with van der Waals surface area (Å²) < 4.78 is 0. The standard InChI is InChI=1S/C52H72N10O10S2/c1-30(2)55-39(23-33-15-7-5-8-16-33)47(67)60-43-28-73-74-29-44(51(71)59-42(27-63)31(3)64)61-52(72)45(32(4)65)62-46(66)38(21-13-14-22-53)56-49(69)41(25-35-26-54-37-20-12-11-19-36(35)37)58-48(68)40(57-50(43)70)24-34-17-9-6-10-18-34/h5-12,15-20,26,30-32,38-45,54-55,63-65H,13-14,21-25,27-29,53H2,1-4H3,(H,56,69)(H,57,70)(H,58,68)(H,59,71)(H,60,67)(H,61,72)(H,62,66)/t31-,32?,38+,39-,40+,41-,42-,43+,44+,45+/m1/s1. The van der Waals surface area contributed by atoms with Crippen molar-refractivity contribution in [2.75, 3.05) is 24.7 Å². The van der Waals surface area contributed by atoms with Gasteiger partial charge in [-0.2, -0.15) is 0 Å². The molecule has 4 aromatic rings. The van der Waals surface area contributed by atoms with Crippen LogP contribution in [0.25, 0.3) is 10.9 Å². The van der Waals surface area contributed by atoms with Gasteiger partial charge in [-0.05, 0) is 68.8 Å². The molecule has 1 aliphatic rings. The molecule has 7 amide bonds. The third kappa shape index (κ3) is 18.1. The molecule has 10 atom stereocenters. The minimum absolute atomic E-state index is 0.0312. The van der Waals surface area contributed by atoms with Crippen LogP contribution in [0, 0.1) is 0 Å². The Labute approximate surface area is 439 Å². The van der Waals surface area contributed by atoms with Gasteiger partial charge in [0.1, 0.15) is 36.3 Å². The number of nitrogens with one attached hydrogen (secondary N) is 9. The topological polar surface area (TPSA) is 318 Å². The van der Waals surface area contributed by atoms with E-state index in [1.54, 1.807) is 36.5 Å². The van der Waals surface area contributed by atoms with Crippen molar-refractivity contribution < 1.29 is 48.9 Å². The molecular formula is C52H72N10O10S2. The quantitative estimate of drug-likeness (QED) is 0.0442. The van der Waals surface area contributed by atoms with Gasteiger partial charge in [-0.15, -0.1) is 0 Å². The zero-order chi connectivity index (χ0) is 53.7. The number of rotatable bonds is 19. The fraction of sp³-hybridized carbons (Fsp3) is 0.481. The van der Waals surface area contributed by atoms with E-state index in [1.165, 1.54) is 13.8 Å². The van der Waals surface area contributed by atoms with Crippen LogP contribution in [-0.2, 0) is 52.8 Å². The number of benzene rings is 3. The Morgan fingerprint density at radius 3 is 1.93 bits per heavy atom. The molecule has 1 fully saturated rings. The number of unbranched alkanes of at least 4 members (excludes halogenated alkanes) is 1. The van der Waals surface area contributed by atoms with Crippen molar-refractivity contribution in [3.8, 4) is 0 Å². The molecule has 0 radical (unpaired) electrons. The van der Waals surface area contributed by atoms with Crippen molar-refractivity contribution in [1.82, 2.24) is 47.5 Å². The summed E-state index contributed by atoms with van der Waals surface area (Å²) >= 11 is 0. The molecule has 22 heteroatoms. The number of nitrogens with two attached hydrogens (primary N) is 1. The van der Waals surface area contributed by atoms with E-state index < -0.39 is 108 Å². The normalized spacial score (nSPS) is 22.5. The molecule has 14 N–H and O–H groups in total. The molecule has 1 saturated heterocycles. The smallest absolute Gasteiger partial charge is 0.245 e. The van der Waals surface area contributed by atoms with Gasteiger partial charge in [-0.25, -0.2) is 0 Å². The lowest BCUT2D eigenvalue weighted by atomic mass is 10.0. The fourth-order valence-electron chi connectivity index (χ4n) is 8.24. The second-order valence-corrected chi connectivity index (χ2v) is 21.3. The second-order valence-electron chi connectivity index (χ2n) is 18.7. The number of fused-ring (bicyclic) bond motifs is 1. The lowest BCUT2D eigenvalue weighted by Gasteiger charge is -2.29. The van der Waals surface area contributed by atoms with E-state index in [0.717, 1.165) is 38.1 Å². The molecule has 5 rings (SSSR count). The molecule has 1 aliphatic heterocycles. The predicted octanol–water partition coefficient (Wildman–Crippen LogP) is 0.234. The van der Waals surface area contributed by atoms with Crippen LogP contribution in [0.1, 0.15) is 63.6 Å². The van der Waals surface area contributed by atoms with Crippen molar-refractivity contribution in [3.05, 3.63) is 108 Å². The molecule has 20 nitrogen and oxygen atoms in total. The summed E-state index contributed by atoms with van der Waals surface area (Å²) in [7, 11) is 2.12. The number of carbonyl (C=O) groups excluding carboxylic acids is 7. The number of amides is 7. The summed E-state index contributed by atoms with van der Waals surface area (Å²) in [6.07, 6.45) is 0.0248. The first kappa shape index (κ1) is 58.9. The minimum atomic E-state index is -1.66. The number of hydrogen-bond acceptors (Lipinski definition) is 14. The maximum atomic E-state index is 14.8. The Balaban J connectivity index is 1.59. The molecule has 1 unspecified atom stereocenters. The van der Waals surface area contributed by atoms with Crippen LogP contribution in [0.4, 0.5) is 0 Å². The molecule has 0 saturated carbocycles. The number of aromatic amines is 1. The van der Waals surface area contributed by atoms with Gasteiger partial charge in [0.2, 0.25) is 41.4 Å². The maximum Gasteiger partial charge on any atom is 0.245 e. The second kappa shape index (κ2) is 29.8. The van der Waals surface area contributed by atoms with Gasteiger partial charge in [0.05, 0.1) is 30.9 Å². The molecule has 0 aliphatic carbocycles. The largest absolute Gasteiger partial charge is 0.394 e. The monoisotopic (exact) mass is 1060 g/mol. The number of para-hydroxylation sites is 1. The van der Waals surface area contributed by atoms with E-state index in [0.29, 0.717) is 24.0 Å². The van der Waals surface area contributed by atoms with Gasteiger partial charge in [0.25, 0.3) is 0 Å². The summed E-state index contributed by atoms with van der Waals surface area (Å²) in [6.45, 7) is 6.03. The van der Waals surface area contributed by atoms with Gasteiger partial charge >= 0.3 is 0 Å². The molecule has 0 spiro atoms. The van der Waals surface area contributed by atoms with E-state index in [2.05, 4.69) is 47.5 Å². The number of aliphatic hydroxyl groups is 3. The van der Waals surface area contributed by atoms with Crippen LogP contribution >= 0.6 is 21.6 Å². The lowest BCUT2D eigenvalue weighted by molar-refractivity contribution is -0.136. The Hall–Kier alpha value is -6.01. The Kier molecular flexibility index (Phi) is 23.7. The SMILES string of the molecule is CC(C)N[C@H](Cc1ccccc1)C(=O)N[C@H]1CSSC[C@@H](C(=O)N[C@H](CO)[C@@H](C)O)NC(=O)[C@H](C(C)O)NC(=O)[C@H](CCCCN)NC(=O)[C@@H](Cc2c[nH]c3ccccc23)NC(=O)[C@H](Cc2ccccc2)NC1=O. The highest BCUT2D eigenvalue weighted by Crippen LogP contribution is 2.24. The molecule has 1 aromatic heterocycles. The van der Waals surface area contributed by atoms with E-state index in [1.807, 2.05) is 68.4 Å². The number of H-pyrrole nitrogens is 1. The predicted molar refractivity (Wildman–Crippen MR) is 286 cm³/mol. The van der Waals surface area contributed by atoms with E-state index >= 15 is 0 Å². The van der Waals surface area contributed by atoms with Crippen molar-refractivity contribution >= 4 is 73.8 Å². The summed E-state index contributed by atoms with van der Waals surface area (Å²) in [5.74, 6) is -5.72. The van der Waals surface area contributed by atoms with E-state index in [4.69, 9.17) is 5.73 Å². The maximum absolute atomic E-state index is 14.8. The summed E-state index contributed by atoms with van der Waals surface area (Å²) in [4.78, 5) is 104. The Morgan fingerprint density at radius 2 is 1.30 bits per heavy atom. The van der Waals surface area contributed by atoms with Gasteiger partial charge < -0.3 is 68.6 Å². The number of carbonyl (C=O) groups is 7. The van der Waals surface area contributed by atoms with Crippen LogP contribution in [0.5, 0.6) is 0 Å². The third-order valence-electron chi connectivity index (χ3n) is 12.3. The van der Waals surface area contributed by atoms with Gasteiger partial charge in [0.15, 0.2) is 0 Å². The summed E-state index contributed by atoms with van der Waals surface area (Å²) in [6, 6.07) is 15.2. The summed E-state index contributed by atoms with van der Waals surface area (Å²) in [5.41, 5.74) is 8.77. The van der Waals surface area contributed by atoms with Crippen LogP contribution < -0.4 is 48.3 Å². The van der Waals surface area contributed by atoms with Gasteiger partial charge in [-0.3, -0.25) is 33.6 Å². The Morgan fingerprint density at radius 1 is 0.703 bits per heavy atom. The highest BCUT2D eigenvalue weighted by atomic mass is 33.1. The minimum Gasteiger partial charge on any atom is -0.394 e. The first-order valence-corrected chi connectivity index (χ1v) is 27.4. The van der Waals surface area contributed by atoms with Crippen LogP contribution in [-0.4, -0.2) is 153 Å². The van der Waals surface area contributed by atoms with E-state index in [9.17, 15) is 48.9 Å². The highest BCUT2D eigenvalue weighted by Gasteiger charge is 2.37. The first-order valence-electron chi connectivity index (χ1n) is 24.9. The van der Waals surface area contributed by atoms with Crippen LogP contribution in [0.15, 0.2) is 91.1 Å². The van der Waals surface area contributed by atoms with Crippen molar-refractivity contribution in [2.24, 2.45) is 5.73 Å². The molecular weight excluding hydrogens is 989 g/mol. The molecule has 3 aromatic carbocycles. The van der Waals surface area contributed by atoms with Gasteiger partial charge in [-0.1, -0.05) is 114 Å². The molecule has 402 valence electrons. The zero-order valence-electron chi connectivity index (χ0n) is 42.2. The summed E-state index contributed by atoms with van der Waals surface area (Å²) in [5, 5.41) is 54.3. The van der Waals surface area contributed by atoms with Crippen LogP contribution in [0.2, 0.25) is 0 Å². The molecule has 74 heavy (non-hydrogen) atoms.